The summed E-state index contributed by atoms with van der Waals surface area (Å²) in [4.78, 5) is 4.68. The van der Waals surface area contributed by atoms with Gasteiger partial charge in [0.25, 0.3) is 0 Å². The number of fused-ring (bicyclic) bond motifs is 3. The third-order valence-corrected chi connectivity index (χ3v) is 6.84. The van der Waals surface area contributed by atoms with Crippen molar-refractivity contribution < 1.29 is 0 Å². The SMILES string of the molecule is Cc1ccc(-c2ccc3c(c2)sc2ccc(-c4cc(CC(C)(C)C)ccn4)cc23)cc1. The van der Waals surface area contributed by atoms with Gasteiger partial charge in [0.1, 0.15) is 0 Å². The number of hydrogen-bond acceptors (Lipinski definition) is 2. The van der Waals surface area contributed by atoms with Gasteiger partial charge in [0.2, 0.25) is 0 Å². The van der Waals surface area contributed by atoms with Gasteiger partial charge in [-0.05, 0) is 65.8 Å². The molecule has 5 rings (SSSR count). The van der Waals surface area contributed by atoms with Gasteiger partial charge in [0, 0.05) is 31.9 Å². The largest absolute Gasteiger partial charge is 0.256 e. The number of aromatic nitrogens is 1. The molecule has 0 aliphatic carbocycles. The van der Waals surface area contributed by atoms with Crippen molar-refractivity contribution in [3.05, 3.63) is 90.1 Å². The molecule has 31 heavy (non-hydrogen) atoms. The second kappa shape index (κ2) is 7.62. The van der Waals surface area contributed by atoms with Gasteiger partial charge in [0.15, 0.2) is 0 Å². The Labute approximate surface area is 188 Å². The fourth-order valence-electron chi connectivity index (χ4n) is 4.22. The number of rotatable bonds is 3. The highest BCUT2D eigenvalue weighted by molar-refractivity contribution is 7.25. The van der Waals surface area contributed by atoms with Crippen molar-refractivity contribution in [1.82, 2.24) is 4.98 Å². The smallest absolute Gasteiger partial charge is 0.0704 e. The molecule has 0 aliphatic heterocycles. The maximum Gasteiger partial charge on any atom is 0.0704 e. The molecule has 0 aliphatic rings. The molecule has 0 N–H and O–H groups in total. The minimum Gasteiger partial charge on any atom is -0.256 e. The zero-order valence-electron chi connectivity index (χ0n) is 18.6. The molecular weight excluding hydrogens is 394 g/mol. The fourth-order valence-corrected chi connectivity index (χ4v) is 5.34. The lowest BCUT2D eigenvalue weighted by atomic mass is 9.88. The topological polar surface area (TPSA) is 12.9 Å². The van der Waals surface area contributed by atoms with E-state index < -0.39 is 0 Å². The third kappa shape index (κ3) is 4.13. The summed E-state index contributed by atoms with van der Waals surface area (Å²) >= 11 is 1.87. The molecule has 0 unspecified atom stereocenters. The molecule has 0 spiro atoms. The van der Waals surface area contributed by atoms with E-state index in [2.05, 4.69) is 105 Å². The molecule has 0 atom stereocenters. The number of pyridine rings is 1. The van der Waals surface area contributed by atoms with Crippen molar-refractivity contribution in [2.24, 2.45) is 5.41 Å². The Hall–Kier alpha value is -2.97. The molecule has 0 amide bonds. The number of hydrogen-bond donors (Lipinski definition) is 0. The quantitative estimate of drug-likeness (QED) is 0.284. The monoisotopic (exact) mass is 421 g/mol. The van der Waals surface area contributed by atoms with Crippen LogP contribution >= 0.6 is 11.3 Å². The second-order valence-electron chi connectivity index (χ2n) is 9.68. The lowest BCUT2D eigenvalue weighted by molar-refractivity contribution is 0.411. The number of nitrogens with zero attached hydrogens (tertiary/aromatic N) is 1. The van der Waals surface area contributed by atoms with Crippen LogP contribution in [0.4, 0.5) is 0 Å². The zero-order chi connectivity index (χ0) is 21.6. The van der Waals surface area contributed by atoms with E-state index in [1.54, 1.807) is 0 Å². The van der Waals surface area contributed by atoms with Gasteiger partial charge in [-0.1, -0.05) is 68.8 Å². The molecule has 1 nitrogen and oxygen atoms in total. The molecular formula is C29H27NS. The Morgan fingerprint density at radius 1 is 0.710 bits per heavy atom. The van der Waals surface area contributed by atoms with Crippen LogP contribution in [0.15, 0.2) is 79.0 Å². The van der Waals surface area contributed by atoms with Crippen LogP contribution in [-0.4, -0.2) is 4.98 Å². The first-order valence-corrected chi connectivity index (χ1v) is 11.7. The van der Waals surface area contributed by atoms with Crippen LogP contribution in [0.2, 0.25) is 0 Å². The van der Waals surface area contributed by atoms with E-state index in [-0.39, 0.29) is 5.41 Å². The van der Waals surface area contributed by atoms with Gasteiger partial charge >= 0.3 is 0 Å². The molecule has 154 valence electrons. The summed E-state index contributed by atoms with van der Waals surface area (Å²) in [7, 11) is 0. The van der Waals surface area contributed by atoms with Gasteiger partial charge in [-0.3, -0.25) is 4.98 Å². The molecule has 0 bridgehead atoms. The average molecular weight is 422 g/mol. The van der Waals surface area contributed by atoms with Crippen LogP contribution in [0.25, 0.3) is 42.6 Å². The van der Waals surface area contributed by atoms with Crippen LogP contribution in [-0.2, 0) is 6.42 Å². The Morgan fingerprint density at radius 3 is 2.23 bits per heavy atom. The van der Waals surface area contributed by atoms with Crippen LogP contribution in [0.3, 0.4) is 0 Å². The minimum atomic E-state index is 0.265. The first kappa shape index (κ1) is 20.0. The van der Waals surface area contributed by atoms with Gasteiger partial charge in [0.05, 0.1) is 5.69 Å². The molecule has 2 heteroatoms. The van der Waals surface area contributed by atoms with Crippen molar-refractivity contribution in [1.29, 1.82) is 0 Å². The number of benzene rings is 3. The molecule has 0 radical (unpaired) electrons. The third-order valence-electron chi connectivity index (χ3n) is 5.71. The molecule has 0 saturated carbocycles. The maximum absolute atomic E-state index is 4.68. The lowest BCUT2D eigenvalue weighted by Crippen LogP contribution is -2.09. The molecule has 0 fully saturated rings. The van der Waals surface area contributed by atoms with E-state index in [9.17, 15) is 0 Å². The summed E-state index contributed by atoms with van der Waals surface area (Å²) in [5.74, 6) is 0. The van der Waals surface area contributed by atoms with Crippen molar-refractivity contribution in [3.63, 3.8) is 0 Å². The standard InChI is InChI=1S/C29H27NS/c1-19-5-7-21(8-6-19)22-9-11-24-25-16-23(10-12-27(25)31-28(24)17-22)26-15-20(13-14-30-26)18-29(2,3)4/h5-17H,18H2,1-4H3. The summed E-state index contributed by atoms with van der Waals surface area (Å²) < 4.78 is 2.66. The minimum absolute atomic E-state index is 0.265. The predicted molar refractivity (Wildman–Crippen MR) is 136 cm³/mol. The number of thiophene rings is 1. The Balaban J connectivity index is 1.56. The number of aryl methyl sites for hydroxylation is 1. The predicted octanol–water partition coefficient (Wildman–Crippen LogP) is 8.68. The van der Waals surface area contributed by atoms with E-state index in [1.807, 2.05) is 17.5 Å². The van der Waals surface area contributed by atoms with E-state index in [4.69, 9.17) is 0 Å². The van der Waals surface area contributed by atoms with Crippen LogP contribution in [0.5, 0.6) is 0 Å². The normalized spacial score (nSPS) is 12.0. The van der Waals surface area contributed by atoms with Crippen molar-refractivity contribution in [2.75, 3.05) is 0 Å². The maximum atomic E-state index is 4.68. The van der Waals surface area contributed by atoms with Crippen molar-refractivity contribution >= 4 is 31.5 Å². The molecule has 3 aromatic carbocycles. The highest BCUT2D eigenvalue weighted by Crippen LogP contribution is 2.38. The summed E-state index contributed by atoms with van der Waals surface area (Å²) in [5, 5.41) is 2.64. The van der Waals surface area contributed by atoms with Crippen LogP contribution < -0.4 is 0 Å². The summed E-state index contributed by atoms with van der Waals surface area (Å²) in [6, 6.07) is 26.8. The Morgan fingerprint density at radius 2 is 1.45 bits per heavy atom. The molecule has 2 heterocycles. The van der Waals surface area contributed by atoms with Gasteiger partial charge in [-0.15, -0.1) is 11.3 Å². The summed E-state index contributed by atoms with van der Waals surface area (Å²) in [5.41, 5.74) is 7.68. The first-order chi connectivity index (χ1) is 14.9. The first-order valence-electron chi connectivity index (χ1n) is 10.8. The summed E-state index contributed by atoms with van der Waals surface area (Å²) in [6.07, 6.45) is 2.99. The van der Waals surface area contributed by atoms with Gasteiger partial charge < -0.3 is 0 Å². The average Bonchev–Trinajstić information content (AvgIpc) is 3.10. The van der Waals surface area contributed by atoms with Crippen molar-refractivity contribution in [2.45, 2.75) is 34.1 Å². The highest BCUT2D eigenvalue weighted by Gasteiger charge is 2.13. The zero-order valence-corrected chi connectivity index (χ0v) is 19.4. The fraction of sp³-hybridized carbons (Fsp3) is 0.207. The van der Waals surface area contributed by atoms with E-state index >= 15 is 0 Å². The van der Waals surface area contributed by atoms with Gasteiger partial charge in [-0.25, -0.2) is 0 Å². The lowest BCUT2D eigenvalue weighted by Gasteiger charge is -2.18. The molecule has 2 aromatic heterocycles. The molecule has 0 saturated heterocycles. The van der Waals surface area contributed by atoms with Crippen LogP contribution in [0.1, 0.15) is 31.9 Å². The second-order valence-corrected chi connectivity index (χ2v) is 10.8. The Bertz CT molecular complexity index is 1380. The Kier molecular flexibility index (Phi) is 4.91. The molecule has 5 aromatic rings. The van der Waals surface area contributed by atoms with Crippen LogP contribution in [0, 0.1) is 12.3 Å². The van der Waals surface area contributed by atoms with E-state index in [0.717, 1.165) is 12.1 Å². The van der Waals surface area contributed by atoms with Crippen molar-refractivity contribution in [3.8, 4) is 22.4 Å². The van der Waals surface area contributed by atoms with E-state index in [0.29, 0.717) is 0 Å². The summed E-state index contributed by atoms with van der Waals surface area (Å²) in [6.45, 7) is 8.97. The van der Waals surface area contributed by atoms with Gasteiger partial charge in [-0.2, -0.15) is 0 Å². The van der Waals surface area contributed by atoms with E-state index in [1.165, 1.54) is 48.0 Å². The highest BCUT2D eigenvalue weighted by atomic mass is 32.1.